The summed E-state index contributed by atoms with van der Waals surface area (Å²) in [5, 5.41) is 9.40. The number of anilines is 2. The lowest BCUT2D eigenvalue weighted by Gasteiger charge is -2.17. The van der Waals surface area contributed by atoms with E-state index in [4.69, 9.17) is 5.73 Å². The summed E-state index contributed by atoms with van der Waals surface area (Å²) in [4.78, 5) is 39.1. The third-order valence-electron chi connectivity index (χ3n) is 5.07. The van der Waals surface area contributed by atoms with E-state index in [0.717, 1.165) is 12.8 Å². The first kappa shape index (κ1) is 22.4. The zero-order valence-corrected chi connectivity index (χ0v) is 17.8. The molecule has 5 N–H and O–H groups in total. The first-order chi connectivity index (χ1) is 15.1. The summed E-state index contributed by atoms with van der Waals surface area (Å²) < 4.78 is 0. The third kappa shape index (κ3) is 6.35. The van der Waals surface area contributed by atoms with E-state index in [0.29, 0.717) is 49.9 Å². The summed E-state index contributed by atoms with van der Waals surface area (Å²) in [5.41, 5.74) is 6.98. The van der Waals surface area contributed by atoms with Crippen molar-refractivity contribution in [3.63, 3.8) is 0 Å². The number of carbonyl (C=O) groups is 2. The normalized spacial score (nSPS) is 15.5. The van der Waals surface area contributed by atoms with Gasteiger partial charge in [-0.2, -0.15) is 4.98 Å². The van der Waals surface area contributed by atoms with Gasteiger partial charge >= 0.3 is 0 Å². The van der Waals surface area contributed by atoms with E-state index in [9.17, 15) is 9.59 Å². The second kappa shape index (κ2) is 11.2. The molecule has 10 nitrogen and oxygen atoms in total. The molecule has 0 bridgehead atoms. The molecule has 1 aliphatic heterocycles. The fourth-order valence-electron chi connectivity index (χ4n) is 3.38. The molecule has 2 aromatic rings. The Labute approximate surface area is 182 Å². The summed E-state index contributed by atoms with van der Waals surface area (Å²) in [7, 11) is 0. The predicted octanol–water partition coefficient (Wildman–Crippen LogP) is 0.638. The van der Waals surface area contributed by atoms with Crippen LogP contribution in [0.4, 0.5) is 11.8 Å². The molecule has 1 saturated heterocycles. The average molecular weight is 427 g/mol. The van der Waals surface area contributed by atoms with E-state index in [1.807, 2.05) is 19.1 Å². The van der Waals surface area contributed by atoms with Crippen molar-refractivity contribution in [1.82, 2.24) is 25.2 Å². The summed E-state index contributed by atoms with van der Waals surface area (Å²) in [5.74, 6) is 0.597. The van der Waals surface area contributed by atoms with Gasteiger partial charge in [0.25, 0.3) is 5.91 Å². The molecular weight excluding hydrogens is 396 g/mol. The molecule has 0 aromatic carbocycles. The Bertz CT molecular complexity index is 877. The fraction of sp³-hybridized carbons (Fsp3) is 0.476. The molecule has 10 heteroatoms. The van der Waals surface area contributed by atoms with Crippen LogP contribution in [-0.4, -0.2) is 70.4 Å². The van der Waals surface area contributed by atoms with Gasteiger partial charge < -0.3 is 26.6 Å². The Morgan fingerprint density at radius 3 is 2.77 bits per heavy atom. The number of amides is 2. The minimum absolute atomic E-state index is 0.0186. The first-order valence-corrected chi connectivity index (χ1v) is 10.6. The number of aromatic nitrogens is 3. The summed E-state index contributed by atoms with van der Waals surface area (Å²) in [6, 6.07) is 3.82. The molecule has 1 atom stereocenters. The summed E-state index contributed by atoms with van der Waals surface area (Å²) in [6.07, 6.45) is 7.47. The molecule has 0 saturated carbocycles. The first-order valence-electron chi connectivity index (χ1n) is 10.6. The Morgan fingerprint density at radius 2 is 2.03 bits per heavy atom. The molecule has 0 radical (unpaired) electrons. The van der Waals surface area contributed by atoms with Gasteiger partial charge in [0, 0.05) is 50.8 Å². The Hall–Kier alpha value is -3.27. The molecule has 1 aliphatic rings. The molecule has 1 unspecified atom stereocenters. The van der Waals surface area contributed by atoms with Gasteiger partial charge in [-0.25, -0.2) is 4.98 Å². The maximum absolute atomic E-state index is 12.9. The second-order valence-corrected chi connectivity index (χ2v) is 7.42. The number of nitrogens with zero attached hydrogens (tertiary/aromatic N) is 4. The van der Waals surface area contributed by atoms with Crippen molar-refractivity contribution >= 4 is 23.6 Å². The van der Waals surface area contributed by atoms with Crippen molar-refractivity contribution in [2.45, 2.75) is 32.2 Å². The van der Waals surface area contributed by atoms with Crippen molar-refractivity contribution < 1.29 is 9.59 Å². The van der Waals surface area contributed by atoms with Crippen molar-refractivity contribution in [3.8, 4) is 0 Å². The highest BCUT2D eigenvalue weighted by Crippen LogP contribution is 2.16. The van der Waals surface area contributed by atoms with Crippen LogP contribution < -0.4 is 21.7 Å². The van der Waals surface area contributed by atoms with Crippen molar-refractivity contribution in [2.24, 2.45) is 5.73 Å². The largest absolute Gasteiger partial charge is 0.369 e. The lowest BCUT2D eigenvalue weighted by atomic mass is 10.2. The van der Waals surface area contributed by atoms with Crippen LogP contribution in [0.25, 0.3) is 0 Å². The maximum atomic E-state index is 12.9. The van der Waals surface area contributed by atoms with Crippen LogP contribution in [0.3, 0.4) is 0 Å². The van der Waals surface area contributed by atoms with Crippen LogP contribution >= 0.6 is 0 Å². The standard InChI is InChI=1S/C21H30N8O2/c1-2-7-24-19-17(20(31)27-16-6-11-29(14-16)18(30)12-22)13-26-21(28-19)25-10-5-15-3-8-23-9-4-15/h3-4,8-9,13,16H,2,5-7,10-12,14,22H2,1H3,(H,27,31)(H2,24,25,26,28). The zero-order valence-electron chi connectivity index (χ0n) is 17.8. The van der Waals surface area contributed by atoms with Crippen molar-refractivity contribution in [2.75, 3.05) is 43.4 Å². The topological polar surface area (TPSA) is 138 Å². The lowest BCUT2D eigenvalue weighted by Crippen LogP contribution is -2.40. The summed E-state index contributed by atoms with van der Waals surface area (Å²) in [6.45, 7) is 4.44. The molecule has 1 fully saturated rings. The van der Waals surface area contributed by atoms with Crippen molar-refractivity contribution in [1.29, 1.82) is 0 Å². The minimum atomic E-state index is -0.256. The highest BCUT2D eigenvalue weighted by molar-refractivity contribution is 5.98. The number of nitrogens with two attached hydrogens (primary N) is 1. The van der Waals surface area contributed by atoms with Gasteiger partial charge in [-0.1, -0.05) is 6.92 Å². The van der Waals surface area contributed by atoms with E-state index in [2.05, 4.69) is 30.9 Å². The molecule has 2 aromatic heterocycles. The molecule has 0 spiro atoms. The SMILES string of the molecule is CCCNc1nc(NCCc2ccncc2)ncc1C(=O)NC1CCN(C(=O)CN)C1. The predicted molar refractivity (Wildman–Crippen MR) is 119 cm³/mol. The van der Waals surface area contributed by atoms with Gasteiger partial charge in [0.2, 0.25) is 11.9 Å². The highest BCUT2D eigenvalue weighted by atomic mass is 16.2. The van der Waals surface area contributed by atoms with Crippen LogP contribution in [-0.2, 0) is 11.2 Å². The van der Waals surface area contributed by atoms with Gasteiger partial charge in [-0.15, -0.1) is 0 Å². The Morgan fingerprint density at radius 1 is 1.23 bits per heavy atom. The zero-order chi connectivity index (χ0) is 22.1. The third-order valence-corrected chi connectivity index (χ3v) is 5.07. The molecular formula is C21H30N8O2. The maximum Gasteiger partial charge on any atom is 0.256 e. The molecule has 3 heterocycles. The van der Waals surface area contributed by atoms with E-state index in [1.54, 1.807) is 17.3 Å². The van der Waals surface area contributed by atoms with Crippen LogP contribution in [0.2, 0.25) is 0 Å². The van der Waals surface area contributed by atoms with Crippen LogP contribution in [0.15, 0.2) is 30.7 Å². The minimum Gasteiger partial charge on any atom is -0.369 e. The van der Waals surface area contributed by atoms with Gasteiger partial charge in [0.05, 0.1) is 6.54 Å². The fourth-order valence-corrected chi connectivity index (χ4v) is 3.38. The lowest BCUT2D eigenvalue weighted by molar-refractivity contribution is -0.128. The van der Waals surface area contributed by atoms with Crippen LogP contribution in [0, 0.1) is 0 Å². The molecule has 0 aliphatic carbocycles. The summed E-state index contributed by atoms with van der Waals surface area (Å²) >= 11 is 0. The second-order valence-electron chi connectivity index (χ2n) is 7.42. The number of pyridine rings is 1. The number of rotatable bonds is 10. The van der Waals surface area contributed by atoms with Gasteiger partial charge in [0.1, 0.15) is 11.4 Å². The molecule has 166 valence electrons. The van der Waals surface area contributed by atoms with E-state index in [1.165, 1.54) is 11.8 Å². The number of hydrogen-bond donors (Lipinski definition) is 4. The smallest absolute Gasteiger partial charge is 0.256 e. The van der Waals surface area contributed by atoms with Gasteiger partial charge in [0.15, 0.2) is 0 Å². The number of nitrogens with one attached hydrogen (secondary N) is 3. The quantitative estimate of drug-likeness (QED) is 0.434. The molecule has 31 heavy (non-hydrogen) atoms. The van der Waals surface area contributed by atoms with E-state index in [-0.39, 0.29) is 24.4 Å². The number of likely N-dealkylation sites (tertiary alicyclic amines) is 1. The Balaban J connectivity index is 1.62. The van der Waals surface area contributed by atoms with Crippen LogP contribution in [0.1, 0.15) is 35.7 Å². The van der Waals surface area contributed by atoms with E-state index < -0.39 is 0 Å². The monoisotopic (exact) mass is 426 g/mol. The van der Waals surface area contributed by atoms with Gasteiger partial charge in [-0.05, 0) is 37.0 Å². The number of hydrogen-bond acceptors (Lipinski definition) is 8. The highest BCUT2D eigenvalue weighted by Gasteiger charge is 2.27. The Kier molecular flexibility index (Phi) is 8.11. The molecule has 3 rings (SSSR count). The average Bonchev–Trinajstić information content (AvgIpc) is 3.26. The van der Waals surface area contributed by atoms with Gasteiger partial charge in [-0.3, -0.25) is 14.6 Å². The molecule has 2 amide bonds. The van der Waals surface area contributed by atoms with Crippen LogP contribution in [0.5, 0.6) is 0 Å². The van der Waals surface area contributed by atoms with E-state index >= 15 is 0 Å². The van der Waals surface area contributed by atoms with Crippen molar-refractivity contribution in [3.05, 3.63) is 41.9 Å². The number of carbonyl (C=O) groups excluding carboxylic acids is 2.